The molecule has 0 saturated heterocycles. The van der Waals surface area contributed by atoms with Gasteiger partial charge in [0, 0.05) is 24.1 Å². The number of nitriles is 1. The lowest BCUT2D eigenvalue weighted by atomic mass is 9.87. The fourth-order valence-electron chi connectivity index (χ4n) is 2.19. The van der Waals surface area contributed by atoms with Gasteiger partial charge in [0.15, 0.2) is 0 Å². The van der Waals surface area contributed by atoms with Gasteiger partial charge in [0.25, 0.3) is 0 Å². The molecule has 0 spiro atoms. The molecule has 2 rings (SSSR count). The van der Waals surface area contributed by atoms with E-state index in [1.165, 1.54) is 37.8 Å². The molecule has 0 aromatic carbocycles. The average molecular weight is 220 g/mol. The second-order valence-corrected chi connectivity index (χ2v) is 5.10. The van der Waals surface area contributed by atoms with Crippen LogP contribution in [0.5, 0.6) is 0 Å². The van der Waals surface area contributed by atoms with Crippen LogP contribution in [0.25, 0.3) is 0 Å². The third-order valence-corrected chi connectivity index (χ3v) is 3.97. The van der Waals surface area contributed by atoms with Gasteiger partial charge in [-0.05, 0) is 12.8 Å². The summed E-state index contributed by atoms with van der Waals surface area (Å²) in [6, 6.07) is 2.17. The summed E-state index contributed by atoms with van der Waals surface area (Å²) >= 11 is 1.72. The summed E-state index contributed by atoms with van der Waals surface area (Å²) < 4.78 is 0. The highest BCUT2D eigenvalue weighted by atomic mass is 32.1. The predicted octanol–water partition coefficient (Wildman–Crippen LogP) is 3.65. The van der Waals surface area contributed by atoms with Crippen molar-refractivity contribution in [2.75, 3.05) is 0 Å². The lowest BCUT2D eigenvalue weighted by molar-refractivity contribution is 0.437. The standard InChI is InChI=1S/C12H16N2S/c13-8-4-7-12-14-11(9-15-12)10-5-2-1-3-6-10/h9-10H,1-7H2. The molecule has 0 aliphatic heterocycles. The van der Waals surface area contributed by atoms with E-state index in [9.17, 15) is 0 Å². The zero-order chi connectivity index (χ0) is 10.5. The van der Waals surface area contributed by atoms with Crippen LogP contribution in [0.2, 0.25) is 0 Å². The summed E-state index contributed by atoms with van der Waals surface area (Å²) in [6.07, 6.45) is 8.14. The van der Waals surface area contributed by atoms with Gasteiger partial charge in [-0.25, -0.2) is 4.98 Å². The minimum absolute atomic E-state index is 0.595. The minimum atomic E-state index is 0.595. The Balaban J connectivity index is 1.96. The van der Waals surface area contributed by atoms with Gasteiger partial charge in [-0.15, -0.1) is 11.3 Å². The number of aryl methyl sites for hydroxylation is 1. The smallest absolute Gasteiger partial charge is 0.0938 e. The number of thiazole rings is 1. The zero-order valence-electron chi connectivity index (χ0n) is 8.91. The zero-order valence-corrected chi connectivity index (χ0v) is 9.72. The quantitative estimate of drug-likeness (QED) is 0.779. The molecule has 2 nitrogen and oxygen atoms in total. The maximum Gasteiger partial charge on any atom is 0.0938 e. The highest BCUT2D eigenvalue weighted by molar-refractivity contribution is 7.09. The molecule has 1 heterocycles. The Morgan fingerprint density at radius 2 is 2.20 bits per heavy atom. The van der Waals surface area contributed by atoms with Crippen molar-refractivity contribution >= 4 is 11.3 Å². The predicted molar refractivity (Wildman–Crippen MR) is 61.9 cm³/mol. The molecule has 0 radical (unpaired) electrons. The molecule has 1 saturated carbocycles. The van der Waals surface area contributed by atoms with Crippen LogP contribution in [0, 0.1) is 11.3 Å². The fraction of sp³-hybridized carbons (Fsp3) is 0.667. The van der Waals surface area contributed by atoms with Gasteiger partial charge in [0.05, 0.1) is 16.8 Å². The van der Waals surface area contributed by atoms with E-state index in [1.807, 2.05) is 0 Å². The molecule has 1 aromatic rings. The highest BCUT2D eigenvalue weighted by Gasteiger charge is 2.17. The van der Waals surface area contributed by atoms with E-state index in [2.05, 4.69) is 16.4 Å². The normalized spacial score (nSPS) is 17.5. The number of aromatic nitrogens is 1. The molecule has 15 heavy (non-hydrogen) atoms. The van der Waals surface area contributed by atoms with Gasteiger partial charge in [-0.3, -0.25) is 0 Å². The van der Waals surface area contributed by atoms with Crippen LogP contribution >= 0.6 is 11.3 Å². The van der Waals surface area contributed by atoms with Crippen molar-refractivity contribution in [1.29, 1.82) is 5.26 Å². The van der Waals surface area contributed by atoms with Crippen molar-refractivity contribution in [3.8, 4) is 6.07 Å². The van der Waals surface area contributed by atoms with Gasteiger partial charge in [0.2, 0.25) is 0 Å². The fourth-order valence-corrected chi connectivity index (χ4v) is 3.07. The SMILES string of the molecule is N#CCCc1nc(C2CCCCC2)cs1. The van der Waals surface area contributed by atoms with Crippen molar-refractivity contribution in [2.24, 2.45) is 0 Å². The summed E-state index contributed by atoms with van der Waals surface area (Å²) in [4.78, 5) is 4.64. The molecule has 0 bridgehead atoms. The lowest BCUT2D eigenvalue weighted by Gasteiger charge is -2.19. The van der Waals surface area contributed by atoms with Crippen molar-refractivity contribution in [3.05, 3.63) is 16.1 Å². The molecule has 0 unspecified atom stereocenters. The lowest BCUT2D eigenvalue weighted by Crippen LogP contribution is -2.04. The molecular formula is C12H16N2S. The molecule has 1 aliphatic carbocycles. The van der Waals surface area contributed by atoms with Crippen LogP contribution in [0.3, 0.4) is 0 Å². The van der Waals surface area contributed by atoms with Crippen LogP contribution in [0.1, 0.15) is 55.1 Å². The molecule has 80 valence electrons. The van der Waals surface area contributed by atoms with Crippen LogP contribution in [0.4, 0.5) is 0 Å². The van der Waals surface area contributed by atoms with E-state index in [4.69, 9.17) is 5.26 Å². The maximum atomic E-state index is 8.51. The van der Waals surface area contributed by atoms with Crippen molar-refractivity contribution in [1.82, 2.24) is 4.98 Å². The van der Waals surface area contributed by atoms with E-state index in [0.717, 1.165) is 11.4 Å². The van der Waals surface area contributed by atoms with Gasteiger partial charge in [-0.2, -0.15) is 5.26 Å². The van der Waals surface area contributed by atoms with Crippen LogP contribution in [-0.4, -0.2) is 4.98 Å². The molecule has 0 amide bonds. The largest absolute Gasteiger partial charge is 0.246 e. The van der Waals surface area contributed by atoms with Crippen molar-refractivity contribution in [3.63, 3.8) is 0 Å². The highest BCUT2D eigenvalue weighted by Crippen LogP contribution is 2.33. The Morgan fingerprint density at radius 1 is 1.40 bits per heavy atom. The number of nitrogens with zero attached hydrogens (tertiary/aromatic N) is 2. The van der Waals surface area contributed by atoms with Crippen molar-refractivity contribution < 1.29 is 0 Å². The second kappa shape index (κ2) is 5.27. The third kappa shape index (κ3) is 2.79. The van der Waals surface area contributed by atoms with E-state index in [0.29, 0.717) is 12.3 Å². The Bertz CT molecular complexity index is 345. The topological polar surface area (TPSA) is 36.7 Å². The van der Waals surface area contributed by atoms with Crippen LogP contribution in [-0.2, 0) is 6.42 Å². The molecule has 1 aromatic heterocycles. The molecule has 0 N–H and O–H groups in total. The third-order valence-electron chi connectivity index (χ3n) is 3.04. The monoisotopic (exact) mass is 220 g/mol. The van der Waals surface area contributed by atoms with E-state index in [1.54, 1.807) is 11.3 Å². The second-order valence-electron chi connectivity index (χ2n) is 4.16. The first-order valence-corrected chi connectivity index (χ1v) is 6.59. The summed E-state index contributed by atoms with van der Waals surface area (Å²) in [5.41, 5.74) is 1.28. The van der Waals surface area contributed by atoms with E-state index < -0.39 is 0 Å². The minimum Gasteiger partial charge on any atom is -0.246 e. The molecule has 1 fully saturated rings. The van der Waals surface area contributed by atoms with Gasteiger partial charge < -0.3 is 0 Å². The summed E-state index contributed by atoms with van der Waals surface area (Å²) in [6.45, 7) is 0. The maximum absolute atomic E-state index is 8.51. The average Bonchev–Trinajstić information content (AvgIpc) is 2.76. The van der Waals surface area contributed by atoms with Gasteiger partial charge in [0.1, 0.15) is 0 Å². The molecule has 3 heteroatoms. The molecule has 0 atom stereocenters. The number of hydrogen-bond donors (Lipinski definition) is 0. The van der Waals surface area contributed by atoms with Gasteiger partial charge >= 0.3 is 0 Å². The van der Waals surface area contributed by atoms with E-state index >= 15 is 0 Å². The first-order valence-electron chi connectivity index (χ1n) is 5.71. The molecular weight excluding hydrogens is 204 g/mol. The van der Waals surface area contributed by atoms with E-state index in [-0.39, 0.29) is 0 Å². The number of hydrogen-bond acceptors (Lipinski definition) is 3. The Hall–Kier alpha value is -0.880. The van der Waals surface area contributed by atoms with Crippen LogP contribution < -0.4 is 0 Å². The first-order chi connectivity index (χ1) is 7.40. The summed E-state index contributed by atoms with van der Waals surface area (Å²) in [7, 11) is 0. The summed E-state index contributed by atoms with van der Waals surface area (Å²) in [5.74, 6) is 0.700. The first kappa shape index (κ1) is 10.6. The summed E-state index contributed by atoms with van der Waals surface area (Å²) in [5, 5.41) is 11.8. The Morgan fingerprint density at radius 3 is 2.93 bits per heavy atom. The van der Waals surface area contributed by atoms with Crippen molar-refractivity contribution in [2.45, 2.75) is 50.9 Å². The van der Waals surface area contributed by atoms with Crippen LogP contribution in [0.15, 0.2) is 5.38 Å². The molecule has 1 aliphatic rings. The van der Waals surface area contributed by atoms with Gasteiger partial charge in [-0.1, -0.05) is 19.3 Å². The Labute approximate surface area is 95.0 Å². The Kier molecular flexibility index (Phi) is 3.74. The number of rotatable bonds is 3.